The third kappa shape index (κ3) is 7.84. The minimum absolute atomic E-state index is 0.0200. The zero-order chi connectivity index (χ0) is 14.1. The van der Waals surface area contributed by atoms with Gasteiger partial charge in [-0.2, -0.15) is 0 Å². The highest BCUT2D eigenvalue weighted by Crippen LogP contribution is 2.13. The highest BCUT2D eigenvalue weighted by Gasteiger charge is 2.17. The van der Waals surface area contributed by atoms with Gasteiger partial charge in [0, 0.05) is 26.8 Å². The number of aliphatic hydroxyl groups is 1. The normalized spacial score (nSPS) is 23.5. The molecule has 0 radical (unpaired) electrons. The lowest BCUT2D eigenvalue weighted by atomic mass is 10.1. The minimum atomic E-state index is -0.465. The lowest BCUT2D eigenvalue weighted by Crippen LogP contribution is -2.39. The van der Waals surface area contributed by atoms with Crippen molar-refractivity contribution in [3.8, 4) is 0 Å². The molecule has 0 saturated carbocycles. The molecule has 3 unspecified atom stereocenters. The molecule has 0 spiro atoms. The van der Waals surface area contributed by atoms with Crippen molar-refractivity contribution < 1.29 is 19.3 Å². The van der Waals surface area contributed by atoms with Crippen molar-refractivity contribution in [1.29, 1.82) is 0 Å². The molecule has 1 fully saturated rings. The molecule has 0 aromatic heterocycles. The van der Waals surface area contributed by atoms with E-state index in [1.165, 1.54) is 12.8 Å². The zero-order valence-electron chi connectivity index (χ0n) is 12.5. The van der Waals surface area contributed by atoms with Gasteiger partial charge in [-0.15, -0.1) is 0 Å². The number of hydrogen-bond donors (Lipinski definition) is 1. The fourth-order valence-electron chi connectivity index (χ4n) is 2.34. The second-order valence-electron chi connectivity index (χ2n) is 5.46. The van der Waals surface area contributed by atoms with Crippen LogP contribution in [0.2, 0.25) is 0 Å². The monoisotopic (exact) mass is 275 g/mol. The standard InChI is InChI=1S/C14H29NO4/c1-12(10-17-3)19-11-13(16)8-15(2)9-14-6-4-5-7-18-14/h12-14,16H,4-11H2,1-3H3. The molecule has 1 saturated heterocycles. The van der Waals surface area contributed by atoms with Gasteiger partial charge < -0.3 is 24.2 Å². The third-order valence-electron chi connectivity index (χ3n) is 3.29. The maximum Gasteiger partial charge on any atom is 0.0900 e. The van der Waals surface area contributed by atoms with Crippen LogP contribution in [0.4, 0.5) is 0 Å². The molecule has 0 aromatic rings. The second kappa shape index (κ2) is 9.66. The fourth-order valence-corrected chi connectivity index (χ4v) is 2.34. The SMILES string of the molecule is COCC(C)OCC(O)CN(C)CC1CCCCO1. The van der Waals surface area contributed by atoms with Gasteiger partial charge in [-0.3, -0.25) is 0 Å². The third-order valence-corrected chi connectivity index (χ3v) is 3.29. The molecule has 1 rings (SSSR count). The summed E-state index contributed by atoms with van der Waals surface area (Å²) in [5, 5.41) is 9.92. The van der Waals surface area contributed by atoms with Crippen LogP contribution in [-0.4, -0.2) is 75.4 Å². The summed E-state index contributed by atoms with van der Waals surface area (Å²) in [6.45, 7) is 5.21. The molecule has 1 N–H and O–H groups in total. The predicted octanol–water partition coefficient (Wildman–Crippen LogP) is 0.900. The summed E-state index contributed by atoms with van der Waals surface area (Å²) in [6.07, 6.45) is 3.42. The lowest BCUT2D eigenvalue weighted by molar-refractivity contribution is -0.0458. The number of nitrogens with zero attached hydrogens (tertiary/aromatic N) is 1. The highest BCUT2D eigenvalue weighted by molar-refractivity contribution is 4.70. The van der Waals surface area contributed by atoms with Crippen LogP contribution >= 0.6 is 0 Å². The second-order valence-corrected chi connectivity index (χ2v) is 5.46. The van der Waals surface area contributed by atoms with Crippen molar-refractivity contribution >= 4 is 0 Å². The zero-order valence-corrected chi connectivity index (χ0v) is 12.5. The number of methoxy groups -OCH3 is 1. The highest BCUT2D eigenvalue weighted by atomic mass is 16.5. The molecule has 3 atom stereocenters. The van der Waals surface area contributed by atoms with Gasteiger partial charge in [0.05, 0.1) is 31.5 Å². The lowest BCUT2D eigenvalue weighted by Gasteiger charge is -2.28. The molecule has 0 aromatic carbocycles. The van der Waals surface area contributed by atoms with E-state index < -0.39 is 6.10 Å². The van der Waals surface area contributed by atoms with Crippen molar-refractivity contribution in [3.05, 3.63) is 0 Å². The Hall–Kier alpha value is -0.200. The number of likely N-dealkylation sites (N-methyl/N-ethyl adjacent to an activating group) is 1. The van der Waals surface area contributed by atoms with Gasteiger partial charge >= 0.3 is 0 Å². The molecule has 0 bridgehead atoms. The molecule has 1 aliphatic rings. The average Bonchev–Trinajstić information content (AvgIpc) is 2.38. The smallest absolute Gasteiger partial charge is 0.0900 e. The summed E-state index contributed by atoms with van der Waals surface area (Å²) in [7, 11) is 3.66. The van der Waals surface area contributed by atoms with Crippen molar-refractivity contribution in [2.45, 2.75) is 44.5 Å². The largest absolute Gasteiger partial charge is 0.389 e. The maximum atomic E-state index is 9.92. The summed E-state index contributed by atoms with van der Waals surface area (Å²) in [5.74, 6) is 0. The Morgan fingerprint density at radius 1 is 1.37 bits per heavy atom. The topological polar surface area (TPSA) is 51.2 Å². The van der Waals surface area contributed by atoms with Crippen LogP contribution < -0.4 is 0 Å². The summed E-state index contributed by atoms with van der Waals surface area (Å²) >= 11 is 0. The summed E-state index contributed by atoms with van der Waals surface area (Å²) in [6, 6.07) is 0. The Morgan fingerprint density at radius 3 is 2.79 bits per heavy atom. The van der Waals surface area contributed by atoms with Crippen molar-refractivity contribution in [2.24, 2.45) is 0 Å². The molecular weight excluding hydrogens is 246 g/mol. The number of aliphatic hydroxyl groups excluding tert-OH is 1. The van der Waals surface area contributed by atoms with Crippen molar-refractivity contribution in [1.82, 2.24) is 4.90 Å². The Labute approximate surface area is 116 Å². The predicted molar refractivity (Wildman–Crippen MR) is 74.4 cm³/mol. The van der Waals surface area contributed by atoms with Gasteiger partial charge in [0.15, 0.2) is 0 Å². The average molecular weight is 275 g/mol. The summed E-state index contributed by atoms with van der Waals surface area (Å²) in [4.78, 5) is 2.12. The Bertz CT molecular complexity index is 221. The van der Waals surface area contributed by atoms with Gasteiger partial charge in [-0.1, -0.05) is 0 Å². The first-order chi connectivity index (χ1) is 9.11. The van der Waals surface area contributed by atoms with Crippen molar-refractivity contribution in [3.63, 3.8) is 0 Å². The van der Waals surface area contributed by atoms with Gasteiger partial charge in [0.1, 0.15) is 0 Å². The number of hydrogen-bond acceptors (Lipinski definition) is 5. The Kier molecular flexibility index (Phi) is 8.57. The van der Waals surface area contributed by atoms with Gasteiger partial charge in [-0.25, -0.2) is 0 Å². The molecule has 114 valence electrons. The van der Waals surface area contributed by atoms with E-state index >= 15 is 0 Å². The first kappa shape index (κ1) is 16.9. The van der Waals surface area contributed by atoms with Crippen LogP contribution in [0.1, 0.15) is 26.2 Å². The van der Waals surface area contributed by atoms with Gasteiger partial charge in [-0.05, 0) is 33.2 Å². The van der Waals surface area contributed by atoms with E-state index in [2.05, 4.69) is 4.90 Å². The molecule has 5 heteroatoms. The van der Waals surface area contributed by atoms with Crippen LogP contribution in [0.5, 0.6) is 0 Å². The fraction of sp³-hybridized carbons (Fsp3) is 1.00. The first-order valence-corrected chi connectivity index (χ1v) is 7.20. The van der Waals surface area contributed by atoms with E-state index in [0.29, 0.717) is 25.9 Å². The van der Waals surface area contributed by atoms with E-state index in [1.807, 2.05) is 14.0 Å². The quantitative estimate of drug-likeness (QED) is 0.677. The van der Waals surface area contributed by atoms with Crippen molar-refractivity contribution in [2.75, 3.05) is 47.1 Å². The van der Waals surface area contributed by atoms with E-state index in [0.717, 1.165) is 19.6 Å². The number of rotatable bonds is 9. The van der Waals surface area contributed by atoms with Crippen LogP contribution in [0, 0.1) is 0 Å². The van der Waals surface area contributed by atoms with Crippen LogP contribution in [0.3, 0.4) is 0 Å². The minimum Gasteiger partial charge on any atom is -0.389 e. The molecule has 5 nitrogen and oxygen atoms in total. The van der Waals surface area contributed by atoms with E-state index in [9.17, 15) is 5.11 Å². The Balaban J connectivity index is 2.10. The molecule has 0 amide bonds. The van der Waals surface area contributed by atoms with Crippen LogP contribution in [-0.2, 0) is 14.2 Å². The summed E-state index contributed by atoms with van der Waals surface area (Å²) in [5.41, 5.74) is 0. The van der Waals surface area contributed by atoms with E-state index in [1.54, 1.807) is 7.11 Å². The Morgan fingerprint density at radius 2 is 2.16 bits per heavy atom. The maximum absolute atomic E-state index is 9.92. The molecule has 0 aliphatic carbocycles. The van der Waals surface area contributed by atoms with Gasteiger partial charge in [0.2, 0.25) is 0 Å². The molecule has 19 heavy (non-hydrogen) atoms. The van der Waals surface area contributed by atoms with E-state index in [4.69, 9.17) is 14.2 Å². The molecule has 1 heterocycles. The van der Waals surface area contributed by atoms with E-state index in [-0.39, 0.29) is 6.10 Å². The first-order valence-electron chi connectivity index (χ1n) is 7.20. The van der Waals surface area contributed by atoms with Gasteiger partial charge in [0.25, 0.3) is 0 Å². The number of ether oxygens (including phenoxy) is 3. The molecular formula is C14H29NO4. The molecule has 1 aliphatic heterocycles. The summed E-state index contributed by atoms with van der Waals surface area (Å²) < 4.78 is 16.2. The van der Waals surface area contributed by atoms with Crippen LogP contribution in [0.25, 0.3) is 0 Å². The van der Waals surface area contributed by atoms with Crippen LogP contribution in [0.15, 0.2) is 0 Å².